The van der Waals surface area contributed by atoms with Crippen molar-refractivity contribution in [2.24, 2.45) is 0 Å². The van der Waals surface area contributed by atoms with Crippen LogP contribution in [0.15, 0.2) is 54.7 Å². The summed E-state index contributed by atoms with van der Waals surface area (Å²) in [7, 11) is 0. The van der Waals surface area contributed by atoms with E-state index >= 15 is 0 Å². The summed E-state index contributed by atoms with van der Waals surface area (Å²) in [6.45, 7) is 0.840. The predicted octanol–water partition coefficient (Wildman–Crippen LogP) is 3.13. The molecule has 0 radical (unpaired) electrons. The standard InChI is InChI=1S/C18H16N2O4/c21-16-6-5-14(10-15(16)18(22)23)19-7-8-24-17-9-12-3-1-2-4-13(12)11-20-17/h1-6,9-11,19,21H,7-8H2,(H,22,23). The Morgan fingerprint density at radius 1 is 1.12 bits per heavy atom. The molecule has 0 fully saturated rings. The molecule has 6 heteroatoms. The van der Waals surface area contributed by atoms with Gasteiger partial charge in [-0.3, -0.25) is 0 Å². The lowest BCUT2D eigenvalue weighted by molar-refractivity contribution is 0.0694. The van der Waals surface area contributed by atoms with Gasteiger partial charge in [-0.05, 0) is 23.6 Å². The van der Waals surface area contributed by atoms with Gasteiger partial charge in [0.1, 0.15) is 17.9 Å². The lowest BCUT2D eigenvalue weighted by Gasteiger charge is -2.09. The van der Waals surface area contributed by atoms with Crippen LogP contribution in [0.5, 0.6) is 11.6 Å². The van der Waals surface area contributed by atoms with E-state index in [-0.39, 0.29) is 11.3 Å². The molecule has 0 unspecified atom stereocenters. The van der Waals surface area contributed by atoms with E-state index < -0.39 is 5.97 Å². The summed E-state index contributed by atoms with van der Waals surface area (Å²) in [4.78, 5) is 15.2. The highest BCUT2D eigenvalue weighted by Gasteiger charge is 2.09. The molecule has 0 aliphatic rings. The summed E-state index contributed by atoms with van der Waals surface area (Å²) in [6.07, 6.45) is 1.76. The van der Waals surface area contributed by atoms with Crippen molar-refractivity contribution < 1.29 is 19.7 Å². The van der Waals surface area contributed by atoms with Gasteiger partial charge in [0.05, 0.1) is 0 Å². The molecular formula is C18H16N2O4. The van der Waals surface area contributed by atoms with Crippen LogP contribution in [0.2, 0.25) is 0 Å². The van der Waals surface area contributed by atoms with E-state index in [1.807, 2.05) is 30.3 Å². The van der Waals surface area contributed by atoms with Crippen LogP contribution in [0.1, 0.15) is 10.4 Å². The van der Waals surface area contributed by atoms with Crippen molar-refractivity contribution >= 4 is 22.4 Å². The van der Waals surface area contributed by atoms with E-state index in [1.54, 1.807) is 12.3 Å². The van der Waals surface area contributed by atoms with Crippen LogP contribution in [0, 0.1) is 0 Å². The smallest absolute Gasteiger partial charge is 0.339 e. The maximum absolute atomic E-state index is 11.0. The molecule has 0 saturated carbocycles. The van der Waals surface area contributed by atoms with Crippen LogP contribution in [-0.2, 0) is 0 Å². The van der Waals surface area contributed by atoms with Crippen molar-refractivity contribution in [3.8, 4) is 11.6 Å². The van der Waals surface area contributed by atoms with Gasteiger partial charge in [-0.1, -0.05) is 24.3 Å². The number of carboxylic acids is 1. The fourth-order valence-electron chi connectivity index (χ4n) is 2.31. The second-order valence-corrected chi connectivity index (χ2v) is 5.18. The zero-order valence-corrected chi connectivity index (χ0v) is 12.8. The van der Waals surface area contributed by atoms with Crippen LogP contribution < -0.4 is 10.1 Å². The Balaban J connectivity index is 1.56. The van der Waals surface area contributed by atoms with Gasteiger partial charge in [0.15, 0.2) is 0 Å². The van der Waals surface area contributed by atoms with Gasteiger partial charge >= 0.3 is 5.97 Å². The number of hydrogen-bond donors (Lipinski definition) is 3. The van der Waals surface area contributed by atoms with Crippen LogP contribution in [-0.4, -0.2) is 34.3 Å². The van der Waals surface area contributed by atoms with Crippen LogP contribution in [0.25, 0.3) is 10.8 Å². The molecule has 0 atom stereocenters. The van der Waals surface area contributed by atoms with E-state index in [1.165, 1.54) is 12.1 Å². The highest BCUT2D eigenvalue weighted by Crippen LogP contribution is 2.21. The minimum atomic E-state index is -1.17. The first-order chi connectivity index (χ1) is 11.6. The number of hydrogen-bond acceptors (Lipinski definition) is 5. The van der Waals surface area contributed by atoms with E-state index in [4.69, 9.17) is 9.84 Å². The number of anilines is 1. The van der Waals surface area contributed by atoms with E-state index in [2.05, 4.69) is 10.3 Å². The van der Waals surface area contributed by atoms with Crippen molar-refractivity contribution in [1.29, 1.82) is 0 Å². The Kier molecular flexibility index (Phi) is 4.47. The molecule has 122 valence electrons. The van der Waals surface area contributed by atoms with Crippen molar-refractivity contribution in [3.63, 3.8) is 0 Å². The second-order valence-electron chi connectivity index (χ2n) is 5.18. The van der Waals surface area contributed by atoms with E-state index in [0.717, 1.165) is 10.8 Å². The summed E-state index contributed by atoms with van der Waals surface area (Å²) in [5.74, 6) is -0.898. The molecule has 0 aliphatic heterocycles. The lowest BCUT2D eigenvalue weighted by atomic mass is 10.2. The summed E-state index contributed by atoms with van der Waals surface area (Å²) in [5.41, 5.74) is 0.456. The highest BCUT2D eigenvalue weighted by atomic mass is 16.5. The first-order valence-corrected chi connectivity index (χ1v) is 7.41. The Labute approximate surface area is 138 Å². The molecule has 3 N–H and O–H groups in total. The number of aromatic hydroxyl groups is 1. The van der Waals surface area contributed by atoms with Crippen molar-refractivity contribution in [2.75, 3.05) is 18.5 Å². The van der Waals surface area contributed by atoms with Gasteiger partial charge < -0.3 is 20.3 Å². The van der Waals surface area contributed by atoms with Gasteiger partial charge in [0.2, 0.25) is 5.88 Å². The van der Waals surface area contributed by atoms with Gasteiger partial charge in [0.25, 0.3) is 0 Å². The minimum absolute atomic E-state index is 0.142. The third-order valence-electron chi connectivity index (χ3n) is 3.51. The number of pyridine rings is 1. The second kappa shape index (κ2) is 6.87. The van der Waals surface area contributed by atoms with E-state index in [9.17, 15) is 9.90 Å². The number of aromatic nitrogens is 1. The summed E-state index contributed by atoms with van der Waals surface area (Å²) >= 11 is 0. The number of phenols is 1. The van der Waals surface area contributed by atoms with Crippen molar-refractivity contribution in [1.82, 2.24) is 4.98 Å². The Morgan fingerprint density at radius 3 is 2.71 bits per heavy atom. The number of fused-ring (bicyclic) bond motifs is 1. The molecule has 6 nitrogen and oxygen atoms in total. The van der Waals surface area contributed by atoms with Gasteiger partial charge in [-0.25, -0.2) is 9.78 Å². The molecule has 24 heavy (non-hydrogen) atoms. The van der Waals surface area contributed by atoms with Crippen LogP contribution >= 0.6 is 0 Å². The SMILES string of the molecule is O=C(O)c1cc(NCCOc2cc3ccccc3cn2)ccc1O. The Morgan fingerprint density at radius 2 is 1.92 bits per heavy atom. The average Bonchev–Trinajstić information content (AvgIpc) is 2.59. The summed E-state index contributed by atoms with van der Waals surface area (Å²) in [5, 5.41) is 23.6. The molecule has 3 rings (SSSR count). The molecule has 0 amide bonds. The number of nitrogens with one attached hydrogen (secondary N) is 1. The molecule has 0 bridgehead atoms. The number of aromatic carboxylic acids is 1. The molecule has 0 spiro atoms. The normalized spacial score (nSPS) is 10.5. The number of nitrogens with zero attached hydrogens (tertiary/aromatic N) is 1. The third-order valence-corrected chi connectivity index (χ3v) is 3.51. The Hall–Kier alpha value is -3.28. The summed E-state index contributed by atoms with van der Waals surface area (Å²) in [6, 6.07) is 14.1. The fourth-order valence-corrected chi connectivity index (χ4v) is 2.31. The maximum Gasteiger partial charge on any atom is 0.339 e. The first kappa shape index (κ1) is 15.6. The van der Waals surface area contributed by atoms with Crippen LogP contribution in [0.3, 0.4) is 0 Å². The minimum Gasteiger partial charge on any atom is -0.507 e. The molecular weight excluding hydrogens is 308 g/mol. The van der Waals surface area contributed by atoms with E-state index in [0.29, 0.717) is 24.7 Å². The third kappa shape index (κ3) is 3.55. The number of ether oxygens (including phenoxy) is 1. The number of benzene rings is 2. The quantitative estimate of drug-likeness (QED) is 0.476. The monoisotopic (exact) mass is 324 g/mol. The largest absolute Gasteiger partial charge is 0.507 e. The van der Waals surface area contributed by atoms with Crippen LogP contribution in [0.4, 0.5) is 5.69 Å². The predicted molar refractivity (Wildman–Crippen MR) is 90.8 cm³/mol. The molecule has 0 saturated heterocycles. The topological polar surface area (TPSA) is 91.7 Å². The zero-order valence-electron chi connectivity index (χ0n) is 12.8. The highest BCUT2D eigenvalue weighted by molar-refractivity contribution is 5.92. The average molecular weight is 324 g/mol. The first-order valence-electron chi connectivity index (χ1n) is 7.41. The van der Waals surface area contributed by atoms with Gasteiger partial charge in [-0.2, -0.15) is 0 Å². The van der Waals surface area contributed by atoms with Gasteiger partial charge in [-0.15, -0.1) is 0 Å². The maximum atomic E-state index is 11.0. The number of rotatable bonds is 6. The molecule has 0 aliphatic carbocycles. The molecule has 1 heterocycles. The Bertz CT molecular complexity index is 880. The van der Waals surface area contributed by atoms with Crippen molar-refractivity contribution in [3.05, 3.63) is 60.3 Å². The van der Waals surface area contributed by atoms with Gasteiger partial charge in [0, 0.05) is 29.9 Å². The lowest BCUT2D eigenvalue weighted by Crippen LogP contribution is -2.12. The molecule has 1 aromatic heterocycles. The molecule has 3 aromatic rings. The fraction of sp³-hybridized carbons (Fsp3) is 0.111. The zero-order chi connectivity index (χ0) is 16.9. The summed E-state index contributed by atoms with van der Waals surface area (Å²) < 4.78 is 5.60. The number of carbonyl (C=O) groups is 1. The van der Waals surface area contributed by atoms with Crippen molar-refractivity contribution in [2.45, 2.75) is 0 Å². The molecule has 2 aromatic carbocycles. The number of carboxylic acid groups (broad SMARTS) is 1.